The predicted molar refractivity (Wildman–Crippen MR) is 111 cm³/mol. The first-order chi connectivity index (χ1) is 14.2. The van der Waals surface area contributed by atoms with Gasteiger partial charge in [0.05, 0.1) is 30.8 Å². The smallest absolute Gasteiger partial charge is 0.253 e. The van der Waals surface area contributed by atoms with Crippen LogP contribution >= 0.6 is 0 Å². The number of nitrogens with one attached hydrogen (secondary N) is 2. The second-order valence-electron chi connectivity index (χ2n) is 6.74. The number of rotatable bonds is 4. The molecule has 5 rings (SSSR count). The van der Waals surface area contributed by atoms with Crippen molar-refractivity contribution in [3.05, 3.63) is 48.7 Å². The van der Waals surface area contributed by atoms with Crippen LogP contribution in [0.2, 0.25) is 0 Å². The number of methoxy groups -OCH3 is 1. The Morgan fingerprint density at radius 2 is 2.07 bits per heavy atom. The molecule has 8 nitrogen and oxygen atoms in total. The lowest BCUT2D eigenvalue weighted by molar-refractivity contribution is -0.125. The lowest BCUT2D eigenvalue weighted by Gasteiger charge is -2.27. The molecule has 4 aromatic rings. The van der Waals surface area contributed by atoms with Gasteiger partial charge in [-0.3, -0.25) is 9.89 Å². The van der Waals surface area contributed by atoms with E-state index in [1.54, 1.807) is 18.2 Å². The summed E-state index contributed by atoms with van der Waals surface area (Å²) in [4.78, 5) is 18.5. The number of ether oxygens (including phenoxy) is 2. The molecule has 0 saturated carbocycles. The Hall–Kier alpha value is -3.65. The van der Waals surface area contributed by atoms with E-state index in [4.69, 9.17) is 14.5 Å². The zero-order chi connectivity index (χ0) is 19.8. The Balaban J connectivity index is 1.50. The molecule has 0 radical (unpaired) electrons. The van der Waals surface area contributed by atoms with Crippen molar-refractivity contribution in [1.29, 1.82) is 0 Å². The molecule has 0 atom stereocenters. The highest BCUT2D eigenvalue weighted by atomic mass is 16.5. The van der Waals surface area contributed by atoms with Gasteiger partial charge in [0.1, 0.15) is 17.9 Å². The molecule has 8 heteroatoms. The SMILES string of the molecule is COc1cccc2nc(Nc3ccc(N4CCOCC4=O)cc3)c3[nH]ncc3c12. The highest BCUT2D eigenvalue weighted by Gasteiger charge is 2.20. The zero-order valence-electron chi connectivity index (χ0n) is 15.8. The monoisotopic (exact) mass is 389 g/mol. The van der Waals surface area contributed by atoms with E-state index in [9.17, 15) is 4.79 Å². The maximum Gasteiger partial charge on any atom is 0.253 e. The number of hydrogen-bond acceptors (Lipinski definition) is 6. The maximum atomic E-state index is 12.0. The maximum absolute atomic E-state index is 12.0. The number of aromatic nitrogens is 3. The molecule has 1 aliphatic heterocycles. The highest BCUT2D eigenvalue weighted by Crippen LogP contribution is 2.35. The fourth-order valence-electron chi connectivity index (χ4n) is 3.63. The number of morpholine rings is 1. The third kappa shape index (κ3) is 3.03. The normalized spacial score (nSPS) is 14.5. The predicted octanol–water partition coefficient (Wildman–Crippen LogP) is 3.23. The van der Waals surface area contributed by atoms with Gasteiger partial charge in [0.2, 0.25) is 0 Å². The summed E-state index contributed by atoms with van der Waals surface area (Å²) in [6.07, 6.45) is 1.78. The average molecular weight is 389 g/mol. The summed E-state index contributed by atoms with van der Waals surface area (Å²) in [7, 11) is 1.65. The van der Waals surface area contributed by atoms with Gasteiger partial charge in [-0.15, -0.1) is 0 Å². The van der Waals surface area contributed by atoms with Crippen LogP contribution in [0.4, 0.5) is 17.2 Å². The van der Waals surface area contributed by atoms with E-state index < -0.39 is 0 Å². The molecule has 0 aliphatic carbocycles. The van der Waals surface area contributed by atoms with Crippen LogP contribution in [0.1, 0.15) is 0 Å². The number of fused-ring (bicyclic) bond motifs is 3. The van der Waals surface area contributed by atoms with Crippen LogP contribution in [0, 0.1) is 0 Å². The number of benzene rings is 2. The Bertz CT molecular complexity index is 1200. The molecule has 146 valence electrons. The first-order valence-electron chi connectivity index (χ1n) is 9.29. The van der Waals surface area contributed by atoms with Crippen LogP contribution in [0.5, 0.6) is 5.75 Å². The number of pyridine rings is 1. The molecule has 2 N–H and O–H groups in total. The molecule has 2 aromatic heterocycles. The van der Waals surface area contributed by atoms with E-state index >= 15 is 0 Å². The molecule has 2 aromatic carbocycles. The molecule has 29 heavy (non-hydrogen) atoms. The van der Waals surface area contributed by atoms with Crippen molar-refractivity contribution in [3.63, 3.8) is 0 Å². The number of hydrogen-bond donors (Lipinski definition) is 2. The summed E-state index contributed by atoms with van der Waals surface area (Å²) in [6, 6.07) is 13.5. The molecule has 1 fully saturated rings. The molecule has 1 amide bonds. The third-order valence-corrected chi connectivity index (χ3v) is 5.03. The van der Waals surface area contributed by atoms with Crippen molar-refractivity contribution < 1.29 is 14.3 Å². The third-order valence-electron chi connectivity index (χ3n) is 5.03. The summed E-state index contributed by atoms with van der Waals surface area (Å²) >= 11 is 0. The average Bonchev–Trinajstić information content (AvgIpc) is 3.25. The van der Waals surface area contributed by atoms with Crippen LogP contribution < -0.4 is 15.0 Å². The number of carbonyl (C=O) groups is 1. The number of H-pyrrole nitrogens is 1. The summed E-state index contributed by atoms with van der Waals surface area (Å²) in [6.45, 7) is 1.24. The summed E-state index contributed by atoms with van der Waals surface area (Å²) < 4.78 is 10.7. The first kappa shape index (κ1) is 17.4. The number of anilines is 3. The van der Waals surface area contributed by atoms with Crippen molar-refractivity contribution in [3.8, 4) is 5.75 Å². The van der Waals surface area contributed by atoms with Crippen molar-refractivity contribution in [2.45, 2.75) is 0 Å². The quantitative estimate of drug-likeness (QED) is 0.557. The van der Waals surface area contributed by atoms with Crippen molar-refractivity contribution in [2.75, 3.05) is 37.1 Å². The van der Waals surface area contributed by atoms with Crippen LogP contribution in [0.15, 0.2) is 48.7 Å². The van der Waals surface area contributed by atoms with Gasteiger partial charge in [-0.25, -0.2) is 4.98 Å². The minimum absolute atomic E-state index is 0.0266. The largest absolute Gasteiger partial charge is 0.496 e. The number of aromatic amines is 1. The Kier molecular flexibility index (Phi) is 4.25. The van der Waals surface area contributed by atoms with Gasteiger partial charge in [-0.1, -0.05) is 6.07 Å². The molecular weight excluding hydrogens is 370 g/mol. The first-order valence-corrected chi connectivity index (χ1v) is 9.29. The summed E-state index contributed by atoms with van der Waals surface area (Å²) in [5, 5.41) is 12.4. The van der Waals surface area contributed by atoms with Crippen LogP contribution in [0.3, 0.4) is 0 Å². The van der Waals surface area contributed by atoms with Gasteiger partial charge in [0, 0.05) is 23.3 Å². The molecule has 1 aliphatic rings. The van der Waals surface area contributed by atoms with Crippen molar-refractivity contribution in [1.82, 2.24) is 15.2 Å². The molecule has 0 bridgehead atoms. The number of nitrogens with zero attached hydrogens (tertiary/aromatic N) is 3. The summed E-state index contributed by atoms with van der Waals surface area (Å²) in [5.41, 5.74) is 3.33. The van der Waals surface area contributed by atoms with Gasteiger partial charge in [-0.05, 0) is 36.4 Å². The second kappa shape index (κ2) is 7.06. The van der Waals surface area contributed by atoms with Gasteiger partial charge >= 0.3 is 0 Å². The number of amides is 1. The van der Waals surface area contributed by atoms with E-state index in [1.165, 1.54) is 0 Å². The second-order valence-corrected chi connectivity index (χ2v) is 6.74. The van der Waals surface area contributed by atoms with E-state index in [2.05, 4.69) is 15.5 Å². The molecule has 0 spiro atoms. The minimum atomic E-state index is -0.0266. The van der Waals surface area contributed by atoms with Gasteiger partial charge in [-0.2, -0.15) is 5.10 Å². The Morgan fingerprint density at radius 1 is 1.21 bits per heavy atom. The van der Waals surface area contributed by atoms with Crippen LogP contribution in [-0.4, -0.2) is 48.0 Å². The standard InChI is InChI=1S/C21H19N5O3/c1-28-17-4-2-3-16-19(17)15-11-22-25-20(15)21(24-16)23-13-5-7-14(8-6-13)26-9-10-29-12-18(26)27/h2-8,11H,9-10,12H2,1H3,(H,22,25)(H,23,24). The van der Waals surface area contributed by atoms with E-state index in [0.29, 0.717) is 19.0 Å². The van der Waals surface area contributed by atoms with Crippen molar-refractivity contribution >= 4 is 44.9 Å². The Labute approximate surface area is 166 Å². The van der Waals surface area contributed by atoms with E-state index in [1.807, 2.05) is 42.5 Å². The summed E-state index contributed by atoms with van der Waals surface area (Å²) in [5.74, 6) is 1.40. The van der Waals surface area contributed by atoms with Gasteiger partial charge < -0.3 is 19.7 Å². The van der Waals surface area contributed by atoms with Gasteiger partial charge in [0.25, 0.3) is 5.91 Å². The minimum Gasteiger partial charge on any atom is -0.496 e. The molecule has 3 heterocycles. The molecule has 0 unspecified atom stereocenters. The lowest BCUT2D eigenvalue weighted by Crippen LogP contribution is -2.41. The van der Waals surface area contributed by atoms with Crippen molar-refractivity contribution in [2.24, 2.45) is 0 Å². The fraction of sp³-hybridized carbons (Fsp3) is 0.190. The van der Waals surface area contributed by atoms with Gasteiger partial charge in [0.15, 0.2) is 5.82 Å². The topological polar surface area (TPSA) is 92.4 Å². The highest BCUT2D eigenvalue weighted by molar-refractivity contribution is 6.11. The zero-order valence-corrected chi connectivity index (χ0v) is 15.8. The molecular formula is C21H19N5O3. The van der Waals surface area contributed by atoms with E-state index in [-0.39, 0.29) is 12.5 Å². The molecule has 1 saturated heterocycles. The van der Waals surface area contributed by atoms with Crippen LogP contribution in [-0.2, 0) is 9.53 Å². The Morgan fingerprint density at radius 3 is 2.86 bits per heavy atom. The number of carbonyl (C=O) groups excluding carboxylic acids is 1. The van der Waals surface area contributed by atoms with E-state index in [0.717, 1.165) is 38.9 Å². The van der Waals surface area contributed by atoms with Crippen LogP contribution in [0.25, 0.3) is 21.8 Å². The fourth-order valence-corrected chi connectivity index (χ4v) is 3.63. The lowest BCUT2D eigenvalue weighted by atomic mass is 10.1.